The summed E-state index contributed by atoms with van der Waals surface area (Å²) in [5.41, 5.74) is 0. The van der Waals surface area contributed by atoms with Crippen molar-refractivity contribution in [3.63, 3.8) is 0 Å². The van der Waals surface area contributed by atoms with Crippen molar-refractivity contribution in [1.82, 2.24) is 10.6 Å². The maximum Gasteiger partial charge on any atom is 0.190 e. The van der Waals surface area contributed by atoms with E-state index in [4.69, 9.17) is 9.47 Å². The molecular weight excluding hydrogens is 290 g/mol. The molecule has 0 aliphatic heterocycles. The molecule has 1 aliphatic rings. The number of hydrogen-bond acceptors (Lipinski definition) is 3. The molecule has 1 fully saturated rings. The molecule has 5 heteroatoms. The number of ether oxygens (including phenoxy) is 2. The number of nitrogens with one attached hydrogen (secondary N) is 2. The van der Waals surface area contributed by atoms with E-state index in [1.807, 2.05) is 7.05 Å². The lowest BCUT2D eigenvalue weighted by atomic mass is 10.0. The Morgan fingerprint density at radius 3 is 2.48 bits per heavy atom. The molecule has 136 valence electrons. The molecule has 1 saturated carbocycles. The first-order valence-corrected chi connectivity index (χ1v) is 9.35. The summed E-state index contributed by atoms with van der Waals surface area (Å²) >= 11 is 0. The molecule has 0 radical (unpaired) electrons. The zero-order chi connectivity index (χ0) is 16.9. The summed E-state index contributed by atoms with van der Waals surface area (Å²) in [6, 6.07) is 0. The Hall–Kier alpha value is -0.810. The molecule has 0 aromatic carbocycles. The summed E-state index contributed by atoms with van der Waals surface area (Å²) in [7, 11) is 1.81. The van der Waals surface area contributed by atoms with Crippen LogP contribution in [0.4, 0.5) is 0 Å². The van der Waals surface area contributed by atoms with Crippen LogP contribution in [0.2, 0.25) is 0 Å². The van der Waals surface area contributed by atoms with Gasteiger partial charge in [0, 0.05) is 33.4 Å². The number of rotatable bonds is 11. The molecule has 1 rings (SSSR count). The van der Waals surface area contributed by atoms with Crippen LogP contribution in [-0.2, 0) is 9.47 Å². The summed E-state index contributed by atoms with van der Waals surface area (Å²) < 4.78 is 11.6. The van der Waals surface area contributed by atoms with Crippen molar-refractivity contribution in [3.05, 3.63) is 0 Å². The predicted octanol–water partition coefficient (Wildman–Crippen LogP) is 2.95. The minimum absolute atomic E-state index is 0.311. The molecule has 1 aliphatic carbocycles. The first-order valence-electron chi connectivity index (χ1n) is 9.35. The molecule has 0 aromatic rings. The maximum atomic E-state index is 5.87. The van der Waals surface area contributed by atoms with Gasteiger partial charge in [-0.2, -0.15) is 0 Å². The van der Waals surface area contributed by atoms with Gasteiger partial charge in [0.25, 0.3) is 0 Å². The summed E-state index contributed by atoms with van der Waals surface area (Å²) in [4.78, 5) is 4.26. The van der Waals surface area contributed by atoms with Crippen molar-refractivity contribution in [3.8, 4) is 0 Å². The van der Waals surface area contributed by atoms with E-state index in [1.165, 1.54) is 25.7 Å². The zero-order valence-electron chi connectivity index (χ0n) is 15.6. The highest BCUT2D eigenvalue weighted by atomic mass is 16.5. The van der Waals surface area contributed by atoms with Crippen LogP contribution in [0.1, 0.15) is 59.3 Å². The number of aliphatic imine (C=N–C) groups is 1. The molecule has 0 amide bonds. The normalized spacial score (nSPS) is 17.7. The van der Waals surface area contributed by atoms with Crippen LogP contribution in [0.25, 0.3) is 0 Å². The number of hydrogen-bond donors (Lipinski definition) is 2. The Labute approximate surface area is 142 Å². The van der Waals surface area contributed by atoms with Crippen molar-refractivity contribution >= 4 is 5.96 Å². The van der Waals surface area contributed by atoms with E-state index in [1.54, 1.807) is 0 Å². The quantitative estimate of drug-likeness (QED) is 0.348. The summed E-state index contributed by atoms with van der Waals surface area (Å²) in [6.45, 7) is 9.85. The first-order chi connectivity index (χ1) is 11.2. The third-order valence-corrected chi connectivity index (χ3v) is 4.34. The van der Waals surface area contributed by atoms with E-state index in [0.29, 0.717) is 18.1 Å². The van der Waals surface area contributed by atoms with Crippen molar-refractivity contribution in [2.45, 2.75) is 71.5 Å². The van der Waals surface area contributed by atoms with Gasteiger partial charge in [0.1, 0.15) is 0 Å². The lowest BCUT2D eigenvalue weighted by Gasteiger charge is -2.21. The molecule has 2 N–H and O–H groups in total. The second-order valence-corrected chi connectivity index (χ2v) is 6.58. The molecule has 1 unspecified atom stereocenters. The van der Waals surface area contributed by atoms with Crippen molar-refractivity contribution in [1.29, 1.82) is 0 Å². The summed E-state index contributed by atoms with van der Waals surface area (Å²) in [5, 5.41) is 6.71. The third kappa shape index (κ3) is 9.16. The van der Waals surface area contributed by atoms with Crippen LogP contribution in [0.3, 0.4) is 0 Å². The third-order valence-electron chi connectivity index (χ3n) is 4.34. The Balaban J connectivity index is 2.06. The smallest absolute Gasteiger partial charge is 0.190 e. The lowest BCUT2D eigenvalue weighted by Crippen LogP contribution is -2.40. The highest BCUT2D eigenvalue weighted by Crippen LogP contribution is 2.20. The van der Waals surface area contributed by atoms with Gasteiger partial charge in [-0.05, 0) is 38.5 Å². The van der Waals surface area contributed by atoms with Gasteiger partial charge in [0.15, 0.2) is 5.96 Å². The molecule has 0 heterocycles. The van der Waals surface area contributed by atoms with Gasteiger partial charge >= 0.3 is 0 Å². The minimum atomic E-state index is 0.311. The molecule has 1 atom stereocenters. The van der Waals surface area contributed by atoms with Gasteiger partial charge < -0.3 is 20.1 Å². The first kappa shape index (κ1) is 20.2. The predicted molar refractivity (Wildman–Crippen MR) is 97.1 cm³/mol. The monoisotopic (exact) mass is 327 g/mol. The SMILES string of the molecule is CCOC(CCNC(=NC)NCCCOC1CCCC1)C(C)C. The van der Waals surface area contributed by atoms with E-state index < -0.39 is 0 Å². The van der Waals surface area contributed by atoms with E-state index in [-0.39, 0.29) is 0 Å². The lowest BCUT2D eigenvalue weighted by molar-refractivity contribution is 0.0258. The highest BCUT2D eigenvalue weighted by molar-refractivity contribution is 5.79. The second-order valence-electron chi connectivity index (χ2n) is 6.58. The van der Waals surface area contributed by atoms with Crippen LogP contribution >= 0.6 is 0 Å². The van der Waals surface area contributed by atoms with Crippen molar-refractivity contribution in [2.24, 2.45) is 10.9 Å². The standard InChI is InChI=1S/C18H37N3O2/c1-5-22-17(15(2)3)11-13-21-18(19-4)20-12-8-14-23-16-9-6-7-10-16/h15-17H,5-14H2,1-4H3,(H2,19,20,21). The fourth-order valence-electron chi connectivity index (χ4n) is 2.96. The van der Waals surface area contributed by atoms with Crippen LogP contribution in [0, 0.1) is 5.92 Å². The topological polar surface area (TPSA) is 54.9 Å². The van der Waals surface area contributed by atoms with Gasteiger partial charge in [-0.3, -0.25) is 4.99 Å². The van der Waals surface area contributed by atoms with Crippen molar-refractivity contribution in [2.75, 3.05) is 33.4 Å². The summed E-state index contributed by atoms with van der Waals surface area (Å²) in [5.74, 6) is 1.41. The fraction of sp³-hybridized carbons (Fsp3) is 0.944. The van der Waals surface area contributed by atoms with E-state index in [2.05, 4.69) is 36.4 Å². The molecule has 0 bridgehead atoms. The Morgan fingerprint density at radius 2 is 1.87 bits per heavy atom. The second kappa shape index (κ2) is 12.6. The van der Waals surface area contributed by atoms with E-state index in [0.717, 1.165) is 45.1 Å². The number of guanidine groups is 1. The largest absolute Gasteiger partial charge is 0.378 e. The average Bonchev–Trinajstić information content (AvgIpc) is 3.05. The van der Waals surface area contributed by atoms with E-state index >= 15 is 0 Å². The van der Waals surface area contributed by atoms with Gasteiger partial charge in [0.2, 0.25) is 0 Å². The fourth-order valence-corrected chi connectivity index (χ4v) is 2.96. The van der Waals surface area contributed by atoms with Gasteiger partial charge in [-0.1, -0.05) is 26.7 Å². The van der Waals surface area contributed by atoms with Gasteiger partial charge in [-0.15, -0.1) is 0 Å². The minimum Gasteiger partial charge on any atom is -0.378 e. The molecule has 5 nitrogen and oxygen atoms in total. The average molecular weight is 328 g/mol. The van der Waals surface area contributed by atoms with Crippen LogP contribution < -0.4 is 10.6 Å². The Bertz CT molecular complexity index is 315. The van der Waals surface area contributed by atoms with Crippen LogP contribution in [0.15, 0.2) is 4.99 Å². The summed E-state index contributed by atoms with van der Waals surface area (Å²) in [6.07, 6.45) is 7.99. The van der Waals surface area contributed by atoms with Crippen LogP contribution in [0.5, 0.6) is 0 Å². The van der Waals surface area contributed by atoms with E-state index in [9.17, 15) is 0 Å². The van der Waals surface area contributed by atoms with Crippen LogP contribution in [-0.4, -0.2) is 51.5 Å². The Kier molecular flexibility index (Phi) is 11.1. The van der Waals surface area contributed by atoms with Gasteiger partial charge in [-0.25, -0.2) is 0 Å². The molecule has 0 aromatic heterocycles. The van der Waals surface area contributed by atoms with Crippen molar-refractivity contribution < 1.29 is 9.47 Å². The molecule has 0 saturated heterocycles. The molecule has 0 spiro atoms. The highest BCUT2D eigenvalue weighted by Gasteiger charge is 2.15. The van der Waals surface area contributed by atoms with Gasteiger partial charge in [0.05, 0.1) is 12.2 Å². The maximum absolute atomic E-state index is 5.87. The molecule has 23 heavy (non-hydrogen) atoms. The number of nitrogens with zero attached hydrogens (tertiary/aromatic N) is 1. The Morgan fingerprint density at radius 1 is 1.17 bits per heavy atom. The zero-order valence-corrected chi connectivity index (χ0v) is 15.6. The molecular formula is C18H37N3O2.